The number of halogens is 3. The third-order valence-electron chi connectivity index (χ3n) is 2.45. The average Bonchev–Trinajstić information content (AvgIpc) is 2.34. The monoisotopic (exact) mass is 358 g/mol. The van der Waals surface area contributed by atoms with Crippen molar-refractivity contribution < 1.29 is 4.79 Å². The van der Waals surface area contributed by atoms with E-state index in [1.54, 1.807) is 36.4 Å². The minimum Gasteiger partial charge on any atom is -0.398 e. The molecule has 0 atom stereocenters. The summed E-state index contributed by atoms with van der Waals surface area (Å²) in [5.41, 5.74) is 6.87. The van der Waals surface area contributed by atoms with E-state index in [9.17, 15) is 4.79 Å². The van der Waals surface area contributed by atoms with Gasteiger partial charge in [0, 0.05) is 10.2 Å². The second-order valence-electron chi connectivity index (χ2n) is 3.79. The molecule has 0 aliphatic rings. The maximum absolute atomic E-state index is 12.1. The standard InChI is InChI=1S/C13H9BrCl2N2O/c14-7-5-9(15)12(10(16)6-7)18-13(19)8-3-1-2-4-11(8)17/h1-6H,17H2,(H,18,19). The Bertz CT molecular complexity index is 623. The molecule has 0 aromatic heterocycles. The van der Waals surface area contributed by atoms with Gasteiger partial charge in [-0.3, -0.25) is 4.79 Å². The largest absolute Gasteiger partial charge is 0.398 e. The number of carbonyl (C=O) groups is 1. The first-order valence-corrected chi connectivity index (χ1v) is 6.84. The van der Waals surface area contributed by atoms with Crippen molar-refractivity contribution >= 4 is 56.4 Å². The number of rotatable bonds is 2. The molecule has 3 N–H and O–H groups in total. The maximum Gasteiger partial charge on any atom is 0.257 e. The van der Waals surface area contributed by atoms with Crippen molar-refractivity contribution in [3.8, 4) is 0 Å². The fourth-order valence-corrected chi connectivity index (χ4v) is 2.85. The van der Waals surface area contributed by atoms with Crippen LogP contribution in [0.1, 0.15) is 10.4 Å². The molecule has 6 heteroatoms. The number of nitrogens with two attached hydrogens (primary N) is 1. The topological polar surface area (TPSA) is 55.1 Å². The van der Waals surface area contributed by atoms with Gasteiger partial charge in [-0.15, -0.1) is 0 Å². The van der Waals surface area contributed by atoms with Crippen LogP contribution in [0.15, 0.2) is 40.9 Å². The van der Waals surface area contributed by atoms with Gasteiger partial charge in [0.25, 0.3) is 5.91 Å². The van der Waals surface area contributed by atoms with Gasteiger partial charge in [-0.1, -0.05) is 51.3 Å². The maximum atomic E-state index is 12.1. The molecule has 0 saturated heterocycles. The van der Waals surface area contributed by atoms with Crippen LogP contribution < -0.4 is 11.1 Å². The van der Waals surface area contributed by atoms with Crippen LogP contribution in [0.2, 0.25) is 10.0 Å². The summed E-state index contributed by atoms with van der Waals surface area (Å²) in [5, 5.41) is 3.36. The first-order chi connectivity index (χ1) is 8.99. The molecule has 0 spiro atoms. The lowest BCUT2D eigenvalue weighted by Gasteiger charge is -2.11. The van der Waals surface area contributed by atoms with Gasteiger partial charge in [0.15, 0.2) is 0 Å². The molecular weight excluding hydrogens is 351 g/mol. The summed E-state index contributed by atoms with van der Waals surface area (Å²) in [6.07, 6.45) is 0. The van der Waals surface area contributed by atoms with Gasteiger partial charge >= 0.3 is 0 Å². The Morgan fingerprint density at radius 1 is 1.16 bits per heavy atom. The molecule has 0 bridgehead atoms. The van der Waals surface area contributed by atoms with E-state index in [1.165, 1.54) is 0 Å². The number of hydrogen-bond acceptors (Lipinski definition) is 2. The van der Waals surface area contributed by atoms with Gasteiger partial charge < -0.3 is 11.1 Å². The van der Waals surface area contributed by atoms with Gasteiger partial charge in [-0.25, -0.2) is 0 Å². The normalized spacial score (nSPS) is 10.3. The summed E-state index contributed by atoms with van der Waals surface area (Å²) >= 11 is 15.4. The second-order valence-corrected chi connectivity index (χ2v) is 5.52. The van der Waals surface area contributed by atoms with Crippen molar-refractivity contribution in [2.24, 2.45) is 0 Å². The number of para-hydroxylation sites is 1. The fraction of sp³-hybridized carbons (Fsp3) is 0. The lowest BCUT2D eigenvalue weighted by molar-refractivity contribution is 0.102. The lowest BCUT2D eigenvalue weighted by atomic mass is 10.1. The van der Waals surface area contributed by atoms with Crippen LogP contribution >= 0.6 is 39.1 Å². The summed E-state index contributed by atoms with van der Waals surface area (Å²) in [5.74, 6) is -0.357. The zero-order valence-corrected chi connectivity index (χ0v) is 12.7. The molecule has 0 radical (unpaired) electrons. The highest BCUT2D eigenvalue weighted by Crippen LogP contribution is 2.34. The molecule has 3 nitrogen and oxygen atoms in total. The molecule has 98 valence electrons. The van der Waals surface area contributed by atoms with Crippen molar-refractivity contribution in [3.63, 3.8) is 0 Å². The van der Waals surface area contributed by atoms with Crippen molar-refractivity contribution in [1.29, 1.82) is 0 Å². The molecule has 2 aromatic rings. The molecule has 0 aliphatic heterocycles. The highest BCUT2D eigenvalue weighted by Gasteiger charge is 2.14. The van der Waals surface area contributed by atoms with E-state index in [1.807, 2.05) is 0 Å². The Morgan fingerprint density at radius 2 is 1.74 bits per heavy atom. The Balaban J connectivity index is 2.32. The van der Waals surface area contributed by atoms with Crippen LogP contribution in [-0.2, 0) is 0 Å². The smallest absolute Gasteiger partial charge is 0.257 e. The molecule has 1 amide bonds. The first-order valence-electron chi connectivity index (χ1n) is 5.29. The molecule has 0 aliphatic carbocycles. The van der Waals surface area contributed by atoms with Gasteiger partial charge in [0.1, 0.15) is 0 Å². The highest BCUT2D eigenvalue weighted by molar-refractivity contribution is 9.10. The minimum atomic E-state index is -0.357. The summed E-state index contributed by atoms with van der Waals surface area (Å²) in [4.78, 5) is 12.1. The third kappa shape index (κ3) is 3.21. The molecule has 0 unspecified atom stereocenters. The van der Waals surface area contributed by atoms with Gasteiger partial charge in [-0.2, -0.15) is 0 Å². The SMILES string of the molecule is Nc1ccccc1C(=O)Nc1c(Cl)cc(Br)cc1Cl. The molecule has 0 saturated carbocycles. The molecule has 19 heavy (non-hydrogen) atoms. The minimum absolute atomic E-state index is 0.349. The average molecular weight is 360 g/mol. The fourth-order valence-electron chi connectivity index (χ4n) is 1.55. The number of hydrogen-bond donors (Lipinski definition) is 2. The third-order valence-corrected chi connectivity index (χ3v) is 3.50. The molecular formula is C13H9BrCl2N2O. The Labute approximate surface area is 128 Å². The molecule has 0 heterocycles. The molecule has 2 rings (SSSR count). The van der Waals surface area contributed by atoms with E-state index >= 15 is 0 Å². The predicted molar refractivity (Wildman–Crippen MR) is 83.0 cm³/mol. The van der Waals surface area contributed by atoms with Gasteiger partial charge in [0.05, 0.1) is 21.3 Å². The van der Waals surface area contributed by atoms with E-state index in [-0.39, 0.29) is 5.91 Å². The van der Waals surface area contributed by atoms with E-state index < -0.39 is 0 Å². The van der Waals surface area contributed by atoms with E-state index in [0.29, 0.717) is 27.0 Å². The van der Waals surface area contributed by atoms with Crippen molar-refractivity contribution in [3.05, 3.63) is 56.5 Å². The number of nitrogen functional groups attached to an aromatic ring is 1. The summed E-state index contributed by atoms with van der Waals surface area (Å²) < 4.78 is 0.736. The van der Waals surface area contributed by atoms with Crippen LogP contribution in [0.4, 0.5) is 11.4 Å². The van der Waals surface area contributed by atoms with Crippen LogP contribution in [0.5, 0.6) is 0 Å². The number of anilines is 2. The Hall–Kier alpha value is -1.23. The predicted octanol–water partition coefficient (Wildman–Crippen LogP) is 4.59. The lowest BCUT2D eigenvalue weighted by Crippen LogP contribution is -2.14. The number of amides is 1. The van der Waals surface area contributed by atoms with E-state index in [4.69, 9.17) is 28.9 Å². The van der Waals surface area contributed by atoms with Crippen molar-refractivity contribution in [2.75, 3.05) is 11.1 Å². The van der Waals surface area contributed by atoms with E-state index in [2.05, 4.69) is 21.2 Å². The first kappa shape index (κ1) is 14.2. The number of benzene rings is 2. The van der Waals surface area contributed by atoms with Crippen LogP contribution in [0, 0.1) is 0 Å². The summed E-state index contributed by atoms with van der Waals surface area (Å²) in [6, 6.07) is 10.1. The van der Waals surface area contributed by atoms with Crippen molar-refractivity contribution in [2.45, 2.75) is 0 Å². The zero-order chi connectivity index (χ0) is 14.0. The van der Waals surface area contributed by atoms with Crippen molar-refractivity contribution in [1.82, 2.24) is 0 Å². The quantitative estimate of drug-likeness (QED) is 0.770. The number of carbonyl (C=O) groups excluding carboxylic acids is 1. The van der Waals surface area contributed by atoms with Gasteiger partial charge in [0.2, 0.25) is 0 Å². The van der Waals surface area contributed by atoms with Crippen LogP contribution in [0.25, 0.3) is 0 Å². The molecule has 2 aromatic carbocycles. The van der Waals surface area contributed by atoms with Crippen LogP contribution in [0.3, 0.4) is 0 Å². The van der Waals surface area contributed by atoms with Gasteiger partial charge in [-0.05, 0) is 24.3 Å². The number of nitrogens with one attached hydrogen (secondary N) is 1. The van der Waals surface area contributed by atoms with Crippen LogP contribution in [-0.4, -0.2) is 5.91 Å². The second kappa shape index (κ2) is 5.82. The Kier molecular flexibility index (Phi) is 4.34. The zero-order valence-electron chi connectivity index (χ0n) is 9.58. The Morgan fingerprint density at radius 3 is 2.32 bits per heavy atom. The highest BCUT2D eigenvalue weighted by atomic mass is 79.9. The summed E-state index contributed by atoms with van der Waals surface area (Å²) in [6.45, 7) is 0. The summed E-state index contributed by atoms with van der Waals surface area (Å²) in [7, 11) is 0. The molecule has 0 fully saturated rings. The van der Waals surface area contributed by atoms with E-state index in [0.717, 1.165) is 4.47 Å².